The van der Waals surface area contributed by atoms with Crippen LogP contribution in [-0.2, 0) is 10.2 Å². The summed E-state index contributed by atoms with van der Waals surface area (Å²) < 4.78 is 5.74. The topological polar surface area (TPSA) is 9.23 Å². The van der Waals surface area contributed by atoms with E-state index in [0.717, 1.165) is 6.42 Å². The average molecular weight is 244 g/mol. The normalized spacial score (nSPS) is 23.1. The van der Waals surface area contributed by atoms with Gasteiger partial charge in [-0.1, -0.05) is 57.2 Å². The molecule has 0 saturated carbocycles. The van der Waals surface area contributed by atoms with Crippen LogP contribution in [0.2, 0.25) is 0 Å². The quantitative estimate of drug-likeness (QED) is 0.740. The monoisotopic (exact) mass is 244 g/mol. The lowest BCUT2D eigenvalue weighted by Gasteiger charge is -2.41. The zero-order chi connectivity index (χ0) is 13.4. The third-order valence-corrected chi connectivity index (χ3v) is 3.44. The first kappa shape index (κ1) is 13.4. The van der Waals surface area contributed by atoms with Gasteiger partial charge in [0.05, 0.1) is 11.7 Å². The van der Waals surface area contributed by atoms with Gasteiger partial charge in [0.1, 0.15) is 0 Å². The van der Waals surface area contributed by atoms with Crippen LogP contribution in [-0.4, -0.2) is 11.7 Å². The van der Waals surface area contributed by atoms with E-state index in [-0.39, 0.29) is 11.0 Å². The molecule has 1 nitrogen and oxygen atoms in total. The van der Waals surface area contributed by atoms with Gasteiger partial charge in [-0.05, 0) is 30.4 Å². The summed E-state index contributed by atoms with van der Waals surface area (Å²) in [6.45, 7) is 11.0. The van der Waals surface area contributed by atoms with E-state index in [1.54, 1.807) is 0 Å². The average Bonchev–Trinajstić information content (AvgIpc) is 2.22. The molecule has 0 amide bonds. The van der Waals surface area contributed by atoms with Crippen molar-refractivity contribution in [1.29, 1.82) is 0 Å². The minimum Gasteiger partial charge on any atom is -0.368 e. The van der Waals surface area contributed by atoms with Gasteiger partial charge in [0.2, 0.25) is 0 Å². The van der Waals surface area contributed by atoms with E-state index in [4.69, 9.17) is 4.74 Å². The van der Waals surface area contributed by atoms with E-state index in [2.05, 4.69) is 71.0 Å². The van der Waals surface area contributed by atoms with Crippen molar-refractivity contribution in [3.63, 3.8) is 0 Å². The second kappa shape index (κ2) is 4.55. The van der Waals surface area contributed by atoms with Gasteiger partial charge in [-0.2, -0.15) is 0 Å². The van der Waals surface area contributed by atoms with E-state index in [1.807, 2.05) is 0 Å². The van der Waals surface area contributed by atoms with Crippen LogP contribution in [0.3, 0.4) is 0 Å². The fraction of sp³-hybridized carbons (Fsp3) is 0.529. The van der Waals surface area contributed by atoms with Gasteiger partial charge in [-0.25, -0.2) is 0 Å². The molecule has 0 N–H and O–H groups in total. The molecule has 0 aromatic heterocycles. The molecule has 0 aliphatic carbocycles. The van der Waals surface area contributed by atoms with Crippen molar-refractivity contribution < 1.29 is 4.74 Å². The lowest BCUT2D eigenvalue weighted by atomic mass is 9.86. The van der Waals surface area contributed by atoms with Gasteiger partial charge in [0.15, 0.2) is 0 Å². The van der Waals surface area contributed by atoms with Crippen molar-refractivity contribution in [3.05, 3.63) is 41.5 Å². The Balaban J connectivity index is 1.97. The molecule has 1 atom stereocenters. The van der Waals surface area contributed by atoms with Crippen molar-refractivity contribution in [2.24, 2.45) is 0 Å². The fourth-order valence-corrected chi connectivity index (χ4v) is 2.30. The van der Waals surface area contributed by atoms with Crippen molar-refractivity contribution in [1.82, 2.24) is 0 Å². The number of hydrogen-bond acceptors (Lipinski definition) is 1. The molecule has 0 spiro atoms. The zero-order valence-electron chi connectivity index (χ0n) is 12.2. The Hall–Kier alpha value is -1.08. The summed E-state index contributed by atoms with van der Waals surface area (Å²) >= 11 is 0. The maximum absolute atomic E-state index is 5.74. The lowest BCUT2D eigenvalue weighted by Crippen LogP contribution is -2.44. The standard InChI is InChI=1S/C17H24O/c1-16(2,3)14-9-6-13(7-10-14)8-11-15-12-17(4,5)18-15/h6-11,15H,12H2,1-5H3. The van der Waals surface area contributed by atoms with Gasteiger partial charge in [0.25, 0.3) is 0 Å². The Kier molecular flexibility index (Phi) is 3.37. The van der Waals surface area contributed by atoms with Gasteiger partial charge in [-0.15, -0.1) is 0 Å². The molecule has 1 heterocycles. The highest BCUT2D eigenvalue weighted by molar-refractivity contribution is 5.51. The highest BCUT2D eigenvalue weighted by atomic mass is 16.5. The molecule has 1 aromatic carbocycles. The number of hydrogen-bond donors (Lipinski definition) is 0. The van der Waals surface area contributed by atoms with Crippen molar-refractivity contribution in [3.8, 4) is 0 Å². The predicted octanol–water partition coefficient (Wildman–Crippen LogP) is 4.56. The second-order valence-corrected chi connectivity index (χ2v) is 6.85. The molecule has 1 aromatic rings. The van der Waals surface area contributed by atoms with E-state index in [0.29, 0.717) is 6.10 Å². The summed E-state index contributed by atoms with van der Waals surface area (Å²) in [6.07, 6.45) is 5.73. The number of benzene rings is 1. The molecular weight excluding hydrogens is 220 g/mol. The molecular formula is C17H24O. The third-order valence-electron chi connectivity index (χ3n) is 3.44. The van der Waals surface area contributed by atoms with Crippen LogP contribution in [0.1, 0.15) is 52.2 Å². The third kappa shape index (κ3) is 3.23. The molecule has 1 heteroatoms. The largest absolute Gasteiger partial charge is 0.368 e. The van der Waals surface area contributed by atoms with Crippen LogP contribution in [0.15, 0.2) is 30.3 Å². The highest BCUT2D eigenvalue weighted by Gasteiger charge is 2.35. The number of rotatable bonds is 2. The molecule has 0 radical (unpaired) electrons. The second-order valence-electron chi connectivity index (χ2n) is 6.85. The first-order valence-corrected chi connectivity index (χ1v) is 6.73. The molecule has 0 bridgehead atoms. The summed E-state index contributed by atoms with van der Waals surface area (Å²) in [5.74, 6) is 0. The summed E-state index contributed by atoms with van der Waals surface area (Å²) in [5.41, 5.74) is 2.92. The maximum atomic E-state index is 5.74. The highest BCUT2D eigenvalue weighted by Crippen LogP contribution is 2.32. The Morgan fingerprint density at radius 2 is 1.72 bits per heavy atom. The minimum absolute atomic E-state index is 0.0745. The molecule has 18 heavy (non-hydrogen) atoms. The molecule has 1 aliphatic heterocycles. The first-order chi connectivity index (χ1) is 8.26. The number of ether oxygens (including phenoxy) is 1. The van der Waals surface area contributed by atoms with E-state index in [9.17, 15) is 0 Å². The zero-order valence-corrected chi connectivity index (χ0v) is 12.2. The smallest absolute Gasteiger partial charge is 0.0793 e. The van der Waals surface area contributed by atoms with Gasteiger partial charge < -0.3 is 4.74 Å². The van der Waals surface area contributed by atoms with Crippen LogP contribution < -0.4 is 0 Å². The van der Waals surface area contributed by atoms with E-state index >= 15 is 0 Å². The van der Waals surface area contributed by atoms with E-state index < -0.39 is 0 Å². The Morgan fingerprint density at radius 3 is 2.17 bits per heavy atom. The van der Waals surface area contributed by atoms with Crippen LogP contribution in [0.25, 0.3) is 6.08 Å². The SMILES string of the molecule is CC1(C)CC(C=Cc2ccc(C(C)(C)C)cc2)O1. The molecule has 1 unspecified atom stereocenters. The van der Waals surface area contributed by atoms with Crippen molar-refractivity contribution >= 4 is 6.08 Å². The van der Waals surface area contributed by atoms with Crippen LogP contribution in [0.4, 0.5) is 0 Å². The molecule has 1 saturated heterocycles. The summed E-state index contributed by atoms with van der Waals surface area (Å²) in [6, 6.07) is 8.79. The molecule has 1 aliphatic rings. The van der Waals surface area contributed by atoms with E-state index in [1.165, 1.54) is 11.1 Å². The minimum atomic E-state index is 0.0745. The van der Waals surface area contributed by atoms with Crippen LogP contribution in [0, 0.1) is 0 Å². The van der Waals surface area contributed by atoms with Gasteiger partial charge in [0, 0.05) is 6.42 Å². The summed E-state index contributed by atoms with van der Waals surface area (Å²) in [5, 5.41) is 0. The maximum Gasteiger partial charge on any atom is 0.0793 e. The lowest BCUT2D eigenvalue weighted by molar-refractivity contribution is -0.161. The molecule has 98 valence electrons. The van der Waals surface area contributed by atoms with Crippen molar-refractivity contribution in [2.45, 2.75) is 58.2 Å². The molecule has 1 fully saturated rings. The van der Waals surface area contributed by atoms with Gasteiger partial charge >= 0.3 is 0 Å². The summed E-state index contributed by atoms with van der Waals surface area (Å²) in [7, 11) is 0. The van der Waals surface area contributed by atoms with Crippen molar-refractivity contribution in [2.75, 3.05) is 0 Å². The Morgan fingerprint density at radius 1 is 1.17 bits per heavy atom. The van der Waals surface area contributed by atoms with Gasteiger partial charge in [-0.3, -0.25) is 0 Å². The Bertz CT molecular complexity index is 424. The van der Waals surface area contributed by atoms with Crippen LogP contribution in [0.5, 0.6) is 0 Å². The summed E-state index contributed by atoms with van der Waals surface area (Å²) in [4.78, 5) is 0. The first-order valence-electron chi connectivity index (χ1n) is 6.73. The molecule has 2 rings (SSSR count). The Labute approximate surface area is 111 Å². The predicted molar refractivity (Wildman–Crippen MR) is 77.7 cm³/mol. The van der Waals surface area contributed by atoms with Crippen LogP contribution >= 0.6 is 0 Å². The fourth-order valence-electron chi connectivity index (χ4n) is 2.30.